The molecule has 112 valence electrons. The number of nitrogens with zero attached hydrogens (tertiary/aromatic N) is 3. The molecule has 1 fully saturated rings. The number of pyridine rings is 1. The van der Waals surface area contributed by atoms with Crippen LogP contribution >= 0.6 is 0 Å². The molecule has 3 heterocycles. The molecule has 2 aromatic heterocycles. The molecule has 0 amide bonds. The minimum atomic E-state index is 0.326. The molecule has 0 aliphatic carbocycles. The van der Waals surface area contributed by atoms with E-state index in [0.29, 0.717) is 11.6 Å². The normalized spacial score (nSPS) is 16.3. The summed E-state index contributed by atoms with van der Waals surface area (Å²) in [5.74, 6) is 0. The molecule has 0 saturated carbocycles. The predicted molar refractivity (Wildman–Crippen MR) is 80.8 cm³/mol. The van der Waals surface area contributed by atoms with Crippen LogP contribution in [0.3, 0.4) is 0 Å². The smallest absolute Gasteiger partial charge is 0.160 e. The van der Waals surface area contributed by atoms with Gasteiger partial charge in [-0.05, 0) is 26.7 Å². The number of hydrogen-bond acceptors (Lipinski definition) is 5. The van der Waals surface area contributed by atoms with Crippen LogP contribution in [0.25, 0.3) is 11.0 Å². The highest BCUT2D eigenvalue weighted by atomic mass is 16.5. The van der Waals surface area contributed by atoms with Crippen LogP contribution in [0.15, 0.2) is 6.20 Å². The lowest BCUT2D eigenvalue weighted by Gasteiger charge is -2.25. The molecule has 21 heavy (non-hydrogen) atoms. The number of aromatic nitrogens is 3. The van der Waals surface area contributed by atoms with E-state index in [4.69, 9.17) is 4.74 Å². The number of anilines is 1. The van der Waals surface area contributed by atoms with Crippen molar-refractivity contribution in [3.8, 4) is 0 Å². The van der Waals surface area contributed by atoms with Crippen molar-refractivity contribution < 1.29 is 9.53 Å². The minimum Gasteiger partial charge on any atom is -0.381 e. The molecule has 0 spiro atoms. The molecular formula is C15H20N4O2. The summed E-state index contributed by atoms with van der Waals surface area (Å²) in [5.41, 5.74) is 3.06. The summed E-state index contributed by atoms with van der Waals surface area (Å²) in [4.78, 5) is 16.0. The van der Waals surface area contributed by atoms with Gasteiger partial charge in [0.1, 0.15) is 0 Å². The Labute approximate surface area is 123 Å². The van der Waals surface area contributed by atoms with Crippen molar-refractivity contribution in [1.29, 1.82) is 0 Å². The van der Waals surface area contributed by atoms with Crippen molar-refractivity contribution in [3.63, 3.8) is 0 Å². The largest absolute Gasteiger partial charge is 0.381 e. The van der Waals surface area contributed by atoms with Gasteiger partial charge in [0.15, 0.2) is 11.9 Å². The summed E-state index contributed by atoms with van der Waals surface area (Å²) in [7, 11) is 0. The summed E-state index contributed by atoms with van der Waals surface area (Å²) in [6.07, 6.45) is 4.57. The summed E-state index contributed by atoms with van der Waals surface area (Å²) in [6.45, 7) is 6.17. The van der Waals surface area contributed by atoms with E-state index < -0.39 is 0 Å². The monoisotopic (exact) mass is 288 g/mol. The molecule has 6 heteroatoms. The van der Waals surface area contributed by atoms with Crippen LogP contribution in [0.4, 0.5) is 5.69 Å². The maximum absolute atomic E-state index is 11.5. The molecule has 6 nitrogen and oxygen atoms in total. The zero-order chi connectivity index (χ0) is 14.8. The average Bonchev–Trinajstić information content (AvgIpc) is 2.91. The van der Waals surface area contributed by atoms with Crippen LogP contribution in [-0.4, -0.2) is 40.3 Å². The number of nitrogens with one attached hydrogen (secondary N) is 1. The van der Waals surface area contributed by atoms with Crippen LogP contribution in [0.1, 0.15) is 35.8 Å². The summed E-state index contributed by atoms with van der Waals surface area (Å²) >= 11 is 0. The van der Waals surface area contributed by atoms with Gasteiger partial charge in [0, 0.05) is 25.8 Å². The van der Waals surface area contributed by atoms with E-state index >= 15 is 0 Å². The second-order valence-corrected chi connectivity index (χ2v) is 5.33. The van der Waals surface area contributed by atoms with Crippen LogP contribution in [0.5, 0.6) is 0 Å². The highest BCUT2D eigenvalue weighted by Crippen LogP contribution is 2.29. The van der Waals surface area contributed by atoms with Crippen molar-refractivity contribution >= 4 is 23.0 Å². The topological polar surface area (TPSA) is 69.0 Å². The van der Waals surface area contributed by atoms with Crippen LogP contribution in [0.2, 0.25) is 0 Å². The Kier molecular flexibility index (Phi) is 3.88. The summed E-state index contributed by atoms with van der Waals surface area (Å²) in [6, 6.07) is 0.326. The average molecular weight is 288 g/mol. The zero-order valence-corrected chi connectivity index (χ0v) is 12.4. The maximum Gasteiger partial charge on any atom is 0.160 e. The van der Waals surface area contributed by atoms with Crippen LogP contribution < -0.4 is 5.32 Å². The van der Waals surface area contributed by atoms with E-state index in [2.05, 4.69) is 15.4 Å². The number of aryl methyl sites for hydroxylation is 2. The number of fused-ring (bicyclic) bond motifs is 1. The Bertz CT molecular complexity index is 659. The Balaban J connectivity index is 2.08. The van der Waals surface area contributed by atoms with Gasteiger partial charge in [-0.2, -0.15) is 5.10 Å². The highest BCUT2D eigenvalue weighted by molar-refractivity contribution is 6.00. The quantitative estimate of drug-likeness (QED) is 0.873. The van der Waals surface area contributed by atoms with Crippen LogP contribution in [-0.2, 0) is 11.3 Å². The van der Waals surface area contributed by atoms with Crippen molar-refractivity contribution in [2.75, 3.05) is 18.5 Å². The van der Waals surface area contributed by atoms with Crippen molar-refractivity contribution in [3.05, 3.63) is 17.5 Å². The van der Waals surface area contributed by atoms with Gasteiger partial charge in [0.2, 0.25) is 0 Å². The van der Waals surface area contributed by atoms with E-state index in [9.17, 15) is 4.79 Å². The number of rotatable bonds is 4. The third-order valence-electron chi connectivity index (χ3n) is 4.00. The lowest BCUT2D eigenvalue weighted by molar-refractivity contribution is 0.0904. The Morgan fingerprint density at radius 2 is 2.24 bits per heavy atom. The minimum absolute atomic E-state index is 0.326. The Morgan fingerprint density at radius 3 is 2.90 bits per heavy atom. The molecule has 0 radical (unpaired) electrons. The van der Waals surface area contributed by atoms with Gasteiger partial charge in [-0.25, -0.2) is 9.67 Å². The summed E-state index contributed by atoms with van der Waals surface area (Å²) < 4.78 is 7.24. The first-order chi connectivity index (χ1) is 10.2. The molecule has 0 aromatic carbocycles. The molecule has 3 rings (SSSR count). The van der Waals surface area contributed by atoms with Gasteiger partial charge < -0.3 is 10.1 Å². The third-order valence-corrected chi connectivity index (χ3v) is 4.00. The van der Waals surface area contributed by atoms with Crippen molar-refractivity contribution in [1.82, 2.24) is 14.8 Å². The van der Waals surface area contributed by atoms with Gasteiger partial charge in [0.25, 0.3) is 0 Å². The van der Waals surface area contributed by atoms with E-state index in [1.54, 1.807) is 6.20 Å². The Hall–Kier alpha value is -1.95. The highest BCUT2D eigenvalue weighted by Gasteiger charge is 2.20. The van der Waals surface area contributed by atoms with Gasteiger partial charge >= 0.3 is 0 Å². The number of ether oxygens (including phenoxy) is 1. The van der Waals surface area contributed by atoms with Gasteiger partial charge in [-0.1, -0.05) is 0 Å². The second kappa shape index (κ2) is 5.81. The molecule has 0 bridgehead atoms. The molecule has 2 aromatic rings. The summed E-state index contributed by atoms with van der Waals surface area (Å²) in [5, 5.41) is 8.79. The van der Waals surface area contributed by atoms with E-state index in [1.165, 1.54) is 0 Å². The molecule has 1 N–H and O–H groups in total. The predicted octanol–water partition coefficient (Wildman–Crippen LogP) is 2.16. The fourth-order valence-electron chi connectivity index (χ4n) is 2.80. The van der Waals surface area contributed by atoms with Gasteiger partial charge in [-0.3, -0.25) is 4.79 Å². The van der Waals surface area contributed by atoms with Gasteiger partial charge in [-0.15, -0.1) is 0 Å². The van der Waals surface area contributed by atoms with Gasteiger partial charge in [0.05, 0.1) is 28.5 Å². The number of hydrogen-bond donors (Lipinski definition) is 1. The zero-order valence-electron chi connectivity index (χ0n) is 12.4. The second-order valence-electron chi connectivity index (χ2n) is 5.33. The number of aldehydes is 1. The number of carbonyl (C=O) groups excluding carboxylic acids is 1. The van der Waals surface area contributed by atoms with E-state index in [0.717, 1.165) is 61.3 Å². The molecular weight excluding hydrogens is 268 g/mol. The molecule has 1 aliphatic rings. The van der Waals surface area contributed by atoms with Crippen molar-refractivity contribution in [2.45, 2.75) is 39.3 Å². The molecule has 1 aliphatic heterocycles. The van der Waals surface area contributed by atoms with Crippen molar-refractivity contribution in [2.24, 2.45) is 0 Å². The first-order valence-corrected chi connectivity index (χ1v) is 7.40. The maximum atomic E-state index is 11.5. The SMILES string of the molecule is CCn1ncc2c(NC3CCOCC3)c(C=O)c(C)nc21. The lowest BCUT2D eigenvalue weighted by Crippen LogP contribution is -2.28. The fraction of sp³-hybridized carbons (Fsp3) is 0.533. The molecule has 0 atom stereocenters. The first-order valence-electron chi connectivity index (χ1n) is 7.40. The van der Waals surface area contributed by atoms with E-state index in [1.807, 2.05) is 18.5 Å². The molecule has 0 unspecified atom stereocenters. The first kappa shape index (κ1) is 14.0. The van der Waals surface area contributed by atoms with E-state index in [-0.39, 0.29) is 0 Å². The number of carbonyl (C=O) groups is 1. The standard InChI is InChI=1S/C15H20N4O2/c1-3-19-15-12(8-16-19)14(13(9-20)10(2)17-15)18-11-4-6-21-7-5-11/h8-9,11H,3-7H2,1-2H3,(H,17,18). The van der Waals surface area contributed by atoms with Crippen LogP contribution in [0, 0.1) is 6.92 Å². The lowest BCUT2D eigenvalue weighted by atomic mass is 10.1. The fourth-order valence-corrected chi connectivity index (χ4v) is 2.80. The molecule has 1 saturated heterocycles. The Morgan fingerprint density at radius 1 is 1.48 bits per heavy atom. The third kappa shape index (κ3) is 2.51.